The van der Waals surface area contributed by atoms with Gasteiger partial charge in [0.15, 0.2) is 0 Å². The molecular weight excluding hydrogens is 294 g/mol. The van der Waals surface area contributed by atoms with Crippen molar-refractivity contribution in [3.05, 3.63) is 12.2 Å². The summed E-state index contributed by atoms with van der Waals surface area (Å²) in [5, 5.41) is 8.23. The van der Waals surface area contributed by atoms with E-state index in [4.69, 9.17) is 4.74 Å². The van der Waals surface area contributed by atoms with Crippen LogP contribution < -0.4 is 0 Å². The highest BCUT2D eigenvalue weighted by Gasteiger charge is 2.37. The maximum Gasteiger partial charge on any atom is 0.236 e. The minimum atomic E-state index is 0.100. The van der Waals surface area contributed by atoms with Gasteiger partial charge in [0, 0.05) is 33.8 Å². The highest BCUT2D eigenvalue weighted by molar-refractivity contribution is 5.78. The summed E-state index contributed by atoms with van der Waals surface area (Å²) in [7, 11) is 3.68. The van der Waals surface area contributed by atoms with E-state index in [0.29, 0.717) is 6.54 Å². The Kier molecular flexibility index (Phi) is 5.27. The molecule has 2 aliphatic rings. The molecule has 1 aromatic rings. The Labute approximate surface area is 137 Å². The van der Waals surface area contributed by atoms with Gasteiger partial charge in [-0.2, -0.15) is 0 Å². The number of aromatic nitrogens is 3. The van der Waals surface area contributed by atoms with Crippen molar-refractivity contribution in [3.63, 3.8) is 0 Å². The standard InChI is InChI=1S/C16H27N5O2/c1-19-12-17-18-16(19)14-9-13(23-2)10-21(14)11-15(22)20-7-5-3-4-6-8-20/h12-14H,3-11H2,1-2H3/t13-,14+/m1/s1. The summed E-state index contributed by atoms with van der Waals surface area (Å²) in [6, 6.07) is 0.100. The maximum absolute atomic E-state index is 12.7. The van der Waals surface area contributed by atoms with E-state index in [9.17, 15) is 4.79 Å². The van der Waals surface area contributed by atoms with Crippen molar-refractivity contribution < 1.29 is 9.53 Å². The summed E-state index contributed by atoms with van der Waals surface area (Å²) in [4.78, 5) is 16.9. The molecule has 3 heterocycles. The van der Waals surface area contributed by atoms with Crippen LogP contribution in [0.1, 0.15) is 44.0 Å². The summed E-state index contributed by atoms with van der Waals surface area (Å²) in [5.74, 6) is 1.14. The molecule has 1 amide bonds. The minimum Gasteiger partial charge on any atom is -0.380 e. The second-order valence-electron chi connectivity index (χ2n) is 6.63. The molecule has 0 aromatic carbocycles. The average Bonchev–Trinajstić information content (AvgIpc) is 3.03. The third kappa shape index (κ3) is 3.72. The lowest BCUT2D eigenvalue weighted by Gasteiger charge is -2.27. The molecule has 0 bridgehead atoms. The van der Waals surface area contributed by atoms with Crippen molar-refractivity contribution in [1.29, 1.82) is 0 Å². The average molecular weight is 321 g/mol. The lowest BCUT2D eigenvalue weighted by atomic mass is 10.2. The number of carbonyl (C=O) groups is 1. The maximum atomic E-state index is 12.7. The number of hydrogen-bond acceptors (Lipinski definition) is 5. The fourth-order valence-electron chi connectivity index (χ4n) is 3.66. The van der Waals surface area contributed by atoms with Crippen molar-refractivity contribution in [1.82, 2.24) is 24.6 Å². The van der Waals surface area contributed by atoms with Crippen molar-refractivity contribution in [3.8, 4) is 0 Å². The molecule has 0 aliphatic carbocycles. The number of methoxy groups -OCH3 is 1. The highest BCUT2D eigenvalue weighted by Crippen LogP contribution is 2.31. The van der Waals surface area contributed by atoms with Crippen molar-refractivity contribution >= 4 is 5.91 Å². The van der Waals surface area contributed by atoms with Gasteiger partial charge in [-0.25, -0.2) is 0 Å². The van der Waals surface area contributed by atoms with Crippen LogP contribution in [0.2, 0.25) is 0 Å². The molecule has 3 rings (SSSR count). The summed E-state index contributed by atoms with van der Waals surface area (Å²) in [5.41, 5.74) is 0. The first kappa shape index (κ1) is 16.4. The van der Waals surface area contributed by atoms with Crippen LogP contribution in [0.25, 0.3) is 0 Å². The Morgan fingerprint density at radius 1 is 1.30 bits per heavy atom. The normalized spacial score (nSPS) is 26.4. The zero-order valence-corrected chi connectivity index (χ0v) is 14.1. The van der Waals surface area contributed by atoms with Gasteiger partial charge in [-0.15, -0.1) is 10.2 Å². The predicted molar refractivity (Wildman–Crippen MR) is 85.8 cm³/mol. The lowest BCUT2D eigenvalue weighted by Crippen LogP contribution is -2.41. The monoisotopic (exact) mass is 321 g/mol. The third-order valence-electron chi connectivity index (χ3n) is 5.04. The summed E-state index contributed by atoms with van der Waals surface area (Å²) >= 11 is 0. The smallest absolute Gasteiger partial charge is 0.236 e. The predicted octanol–water partition coefficient (Wildman–Crippen LogP) is 0.979. The van der Waals surface area contributed by atoms with Crippen LogP contribution in [-0.4, -0.2) is 69.9 Å². The van der Waals surface area contributed by atoms with Gasteiger partial charge in [0.05, 0.1) is 18.7 Å². The first-order valence-corrected chi connectivity index (χ1v) is 8.57. The van der Waals surface area contributed by atoms with E-state index in [1.54, 1.807) is 13.4 Å². The minimum absolute atomic E-state index is 0.100. The number of likely N-dealkylation sites (tertiary alicyclic amines) is 2. The van der Waals surface area contributed by atoms with E-state index in [0.717, 1.165) is 44.7 Å². The van der Waals surface area contributed by atoms with Gasteiger partial charge in [-0.05, 0) is 19.3 Å². The SMILES string of the molecule is CO[C@@H]1C[C@@H](c2nncn2C)N(CC(=O)N2CCCCCC2)C1. The number of ether oxygens (including phenoxy) is 1. The van der Waals surface area contributed by atoms with Crippen LogP contribution in [0.15, 0.2) is 6.33 Å². The largest absolute Gasteiger partial charge is 0.380 e. The van der Waals surface area contributed by atoms with E-state index < -0.39 is 0 Å². The summed E-state index contributed by atoms with van der Waals surface area (Å²) < 4.78 is 7.47. The van der Waals surface area contributed by atoms with Crippen LogP contribution in [-0.2, 0) is 16.6 Å². The molecule has 0 unspecified atom stereocenters. The molecule has 0 spiro atoms. The van der Waals surface area contributed by atoms with Crippen LogP contribution in [0.5, 0.6) is 0 Å². The first-order chi connectivity index (χ1) is 11.2. The number of nitrogens with zero attached hydrogens (tertiary/aromatic N) is 5. The number of aryl methyl sites for hydroxylation is 1. The zero-order chi connectivity index (χ0) is 16.2. The first-order valence-electron chi connectivity index (χ1n) is 8.57. The second kappa shape index (κ2) is 7.40. The number of carbonyl (C=O) groups excluding carboxylic acids is 1. The molecule has 0 N–H and O–H groups in total. The second-order valence-corrected chi connectivity index (χ2v) is 6.63. The lowest BCUT2D eigenvalue weighted by molar-refractivity contribution is -0.132. The molecule has 0 saturated carbocycles. The molecule has 0 radical (unpaired) electrons. The molecule has 7 heteroatoms. The van der Waals surface area contributed by atoms with Gasteiger partial charge in [0.25, 0.3) is 0 Å². The molecule has 2 atom stereocenters. The van der Waals surface area contributed by atoms with E-state index in [2.05, 4.69) is 15.1 Å². The quantitative estimate of drug-likeness (QED) is 0.827. The fraction of sp³-hybridized carbons (Fsp3) is 0.812. The molecule has 1 aromatic heterocycles. The van der Waals surface area contributed by atoms with E-state index in [-0.39, 0.29) is 18.1 Å². The summed E-state index contributed by atoms with van der Waals surface area (Å²) in [6.45, 7) is 3.01. The van der Waals surface area contributed by atoms with Crippen LogP contribution >= 0.6 is 0 Å². The van der Waals surface area contributed by atoms with Crippen molar-refractivity contribution in [2.45, 2.75) is 44.2 Å². The van der Waals surface area contributed by atoms with Gasteiger partial charge >= 0.3 is 0 Å². The van der Waals surface area contributed by atoms with Crippen molar-refractivity contribution in [2.75, 3.05) is 33.3 Å². The highest BCUT2D eigenvalue weighted by atomic mass is 16.5. The van der Waals surface area contributed by atoms with Gasteiger partial charge in [-0.3, -0.25) is 9.69 Å². The van der Waals surface area contributed by atoms with Crippen LogP contribution in [0.3, 0.4) is 0 Å². The van der Waals surface area contributed by atoms with Gasteiger partial charge < -0.3 is 14.2 Å². The Hall–Kier alpha value is -1.47. The summed E-state index contributed by atoms with van der Waals surface area (Å²) in [6.07, 6.45) is 7.44. The fourth-order valence-corrected chi connectivity index (χ4v) is 3.66. The molecule has 2 fully saturated rings. The third-order valence-corrected chi connectivity index (χ3v) is 5.04. The molecule has 2 aliphatic heterocycles. The molecule has 2 saturated heterocycles. The molecule has 128 valence electrons. The van der Waals surface area contributed by atoms with E-state index >= 15 is 0 Å². The van der Waals surface area contributed by atoms with Gasteiger partial charge in [0.1, 0.15) is 12.2 Å². The number of amides is 1. The number of rotatable bonds is 4. The molecule has 7 nitrogen and oxygen atoms in total. The Balaban J connectivity index is 1.68. The van der Waals surface area contributed by atoms with Crippen LogP contribution in [0.4, 0.5) is 0 Å². The van der Waals surface area contributed by atoms with Crippen molar-refractivity contribution in [2.24, 2.45) is 7.05 Å². The Bertz CT molecular complexity index is 524. The molecule has 23 heavy (non-hydrogen) atoms. The van der Waals surface area contributed by atoms with Gasteiger partial charge in [-0.1, -0.05) is 12.8 Å². The number of hydrogen-bond donors (Lipinski definition) is 0. The van der Waals surface area contributed by atoms with Crippen LogP contribution in [0, 0.1) is 0 Å². The Morgan fingerprint density at radius 2 is 2.04 bits per heavy atom. The van der Waals surface area contributed by atoms with E-state index in [1.807, 2.05) is 16.5 Å². The molecular formula is C16H27N5O2. The zero-order valence-electron chi connectivity index (χ0n) is 14.1. The Morgan fingerprint density at radius 3 is 2.65 bits per heavy atom. The topological polar surface area (TPSA) is 63.5 Å². The van der Waals surface area contributed by atoms with E-state index in [1.165, 1.54) is 12.8 Å². The van der Waals surface area contributed by atoms with Gasteiger partial charge in [0.2, 0.25) is 5.91 Å².